The molecule has 0 atom stereocenters. The molecular formula is C14H15ClN2O3. The minimum absolute atomic E-state index is 0.187. The highest BCUT2D eigenvalue weighted by atomic mass is 35.5. The summed E-state index contributed by atoms with van der Waals surface area (Å²) in [5.74, 6) is -0.998. The van der Waals surface area contributed by atoms with Crippen LogP contribution in [0.1, 0.15) is 19.4 Å². The lowest BCUT2D eigenvalue weighted by Crippen LogP contribution is -2.34. The molecule has 0 unspecified atom stereocenters. The Morgan fingerprint density at radius 3 is 2.65 bits per heavy atom. The maximum atomic E-state index is 10.9. The lowest BCUT2D eigenvalue weighted by atomic mass is 10.1. The second-order valence-electron chi connectivity index (χ2n) is 4.87. The highest BCUT2D eigenvalue weighted by Gasteiger charge is 2.27. The molecule has 106 valence electrons. The average Bonchev–Trinajstić information content (AvgIpc) is 2.86. The first-order chi connectivity index (χ1) is 9.38. The first-order valence-electron chi connectivity index (χ1n) is 6.05. The minimum Gasteiger partial charge on any atom is -0.479 e. The fourth-order valence-electron chi connectivity index (χ4n) is 1.50. The van der Waals surface area contributed by atoms with Gasteiger partial charge in [0.15, 0.2) is 5.60 Å². The number of benzene rings is 1. The van der Waals surface area contributed by atoms with Crippen molar-refractivity contribution >= 4 is 17.6 Å². The number of carbonyl (C=O) groups is 1. The lowest BCUT2D eigenvalue weighted by Gasteiger charge is -2.19. The molecular weight excluding hydrogens is 280 g/mol. The highest BCUT2D eigenvalue weighted by molar-refractivity contribution is 6.30. The van der Waals surface area contributed by atoms with Crippen LogP contribution in [0, 0.1) is 0 Å². The largest absolute Gasteiger partial charge is 0.479 e. The molecule has 1 aromatic heterocycles. The van der Waals surface area contributed by atoms with Gasteiger partial charge in [-0.05, 0) is 38.1 Å². The van der Waals surface area contributed by atoms with Crippen molar-refractivity contribution in [3.05, 3.63) is 47.2 Å². The van der Waals surface area contributed by atoms with E-state index >= 15 is 0 Å². The summed E-state index contributed by atoms with van der Waals surface area (Å²) in [6, 6.07) is 7.26. The topological polar surface area (TPSA) is 64.4 Å². The summed E-state index contributed by atoms with van der Waals surface area (Å²) < 4.78 is 7.05. The molecule has 0 bridgehead atoms. The van der Waals surface area contributed by atoms with Gasteiger partial charge in [-0.2, -0.15) is 5.10 Å². The summed E-state index contributed by atoms with van der Waals surface area (Å²) in [6.07, 6.45) is 3.44. The standard InChI is InChI=1S/C14H15ClN2O3/c1-14(2,13(18)19)20-9-10-7-16-17(8-10)12-5-3-11(15)4-6-12/h3-8H,9H2,1-2H3,(H,18,19). The van der Waals surface area contributed by atoms with Crippen molar-refractivity contribution in [2.24, 2.45) is 0 Å². The van der Waals surface area contributed by atoms with Crippen molar-refractivity contribution in [1.29, 1.82) is 0 Å². The Labute approximate surface area is 121 Å². The number of carboxylic acid groups (broad SMARTS) is 1. The Morgan fingerprint density at radius 2 is 2.05 bits per heavy atom. The van der Waals surface area contributed by atoms with Crippen molar-refractivity contribution in [2.75, 3.05) is 0 Å². The van der Waals surface area contributed by atoms with Gasteiger partial charge in [0.1, 0.15) is 0 Å². The number of rotatable bonds is 5. The quantitative estimate of drug-likeness (QED) is 0.921. The molecule has 2 aromatic rings. The molecule has 2 rings (SSSR count). The van der Waals surface area contributed by atoms with Crippen molar-refractivity contribution in [1.82, 2.24) is 9.78 Å². The van der Waals surface area contributed by atoms with Gasteiger partial charge >= 0.3 is 5.97 Å². The zero-order chi connectivity index (χ0) is 14.8. The molecule has 5 nitrogen and oxygen atoms in total. The van der Waals surface area contributed by atoms with Crippen LogP contribution in [-0.4, -0.2) is 26.5 Å². The van der Waals surface area contributed by atoms with Gasteiger partial charge in [-0.3, -0.25) is 0 Å². The van der Waals surface area contributed by atoms with Crippen molar-refractivity contribution in [3.63, 3.8) is 0 Å². The third kappa shape index (κ3) is 3.37. The summed E-state index contributed by atoms with van der Waals surface area (Å²) in [6.45, 7) is 3.21. The summed E-state index contributed by atoms with van der Waals surface area (Å²) in [7, 11) is 0. The molecule has 20 heavy (non-hydrogen) atoms. The fourth-order valence-corrected chi connectivity index (χ4v) is 1.62. The van der Waals surface area contributed by atoms with Gasteiger partial charge in [-0.1, -0.05) is 11.6 Å². The maximum Gasteiger partial charge on any atom is 0.335 e. The predicted molar refractivity (Wildman–Crippen MR) is 75.1 cm³/mol. The van der Waals surface area contributed by atoms with Crippen LogP contribution in [0.2, 0.25) is 5.02 Å². The monoisotopic (exact) mass is 294 g/mol. The van der Waals surface area contributed by atoms with Crippen LogP contribution in [0.25, 0.3) is 5.69 Å². The number of aliphatic carboxylic acids is 1. The number of hydrogen-bond acceptors (Lipinski definition) is 3. The Hall–Kier alpha value is -1.85. The molecule has 0 aliphatic carbocycles. The second-order valence-corrected chi connectivity index (χ2v) is 5.31. The van der Waals surface area contributed by atoms with Crippen LogP contribution in [0.15, 0.2) is 36.7 Å². The number of hydrogen-bond donors (Lipinski definition) is 1. The first-order valence-corrected chi connectivity index (χ1v) is 6.43. The Bertz CT molecular complexity index is 605. The molecule has 0 aliphatic rings. The molecule has 0 amide bonds. The molecule has 0 fully saturated rings. The van der Waals surface area contributed by atoms with Gasteiger partial charge in [0, 0.05) is 16.8 Å². The average molecular weight is 295 g/mol. The molecule has 1 aromatic carbocycles. The van der Waals surface area contributed by atoms with E-state index in [-0.39, 0.29) is 6.61 Å². The molecule has 0 aliphatic heterocycles. The summed E-state index contributed by atoms with van der Waals surface area (Å²) in [4.78, 5) is 10.9. The van der Waals surface area contributed by atoms with Gasteiger partial charge in [0.25, 0.3) is 0 Å². The van der Waals surface area contributed by atoms with E-state index in [0.29, 0.717) is 5.02 Å². The molecule has 6 heteroatoms. The van der Waals surface area contributed by atoms with E-state index < -0.39 is 11.6 Å². The van der Waals surface area contributed by atoms with E-state index in [9.17, 15) is 4.79 Å². The summed E-state index contributed by atoms with van der Waals surface area (Å²) in [5, 5.41) is 13.8. The van der Waals surface area contributed by atoms with Crippen LogP contribution >= 0.6 is 11.6 Å². The number of ether oxygens (including phenoxy) is 1. The number of aromatic nitrogens is 2. The van der Waals surface area contributed by atoms with Gasteiger partial charge in [0.05, 0.1) is 18.5 Å². The van der Waals surface area contributed by atoms with E-state index in [4.69, 9.17) is 21.4 Å². The van der Waals surface area contributed by atoms with Crippen LogP contribution in [0.5, 0.6) is 0 Å². The first kappa shape index (κ1) is 14.6. The van der Waals surface area contributed by atoms with Crippen molar-refractivity contribution in [3.8, 4) is 5.69 Å². The third-order valence-electron chi connectivity index (χ3n) is 2.84. The molecule has 1 heterocycles. The molecule has 0 saturated carbocycles. The number of halogens is 1. The fraction of sp³-hybridized carbons (Fsp3) is 0.286. The summed E-state index contributed by atoms with van der Waals surface area (Å²) in [5.41, 5.74) is 0.454. The normalized spacial score (nSPS) is 11.6. The molecule has 0 spiro atoms. The van der Waals surface area contributed by atoms with Crippen LogP contribution in [-0.2, 0) is 16.1 Å². The molecule has 0 radical (unpaired) electrons. The van der Waals surface area contributed by atoms with E-state index in [0.717, 1.165) is 11.3 Å². The number of carboxylic acids is 1. The second kappa shape index (κ2) is 5.64. The zero-order valence-electron chi connectivity index (χ0n) is 11.2. The van der Waals surface area contributed by atoms with Crippen LogP contribution in [0.3, 0.4) is 0 Å². The SMILES string of the molecule is CC(C)(OCc1cnn(-c2ccc(Cl)cc2)c1)C(=O)O. The molecule has 1 N–H and O–H groups in total. The predicted octanol–water partition coefficient (Wildman–Crippen LogP) is 2.91. The Balaban J connectivity index is 2.06. The van der Waals surface area contributed by atoms with Crippen molar-refractivity contribution < 1.29 is 14.6 Å². The summed E-state index contributed by atoms with van der Waals surface area (Å²) >= 11 is 5.83. The van der Waals surface area contributed by atoms with Crippen LogP contribution in [0.4, 0.5) is 0 Å². The Kier molecular flexibility index (Phi) is 4.11. The molecule has 0 saturated heterocycles. The van der Waals surface area contributed by atoms with Gasteiger partial charge < -0.3 is 9.84 Å². The zero-order valence-corrected chi connectivity index (χ0v) is 12.0. The van der Waals surface area contributed by atoms with Crippen molar-refractivity contribution in [2.45, 2.75) is 26.1 Å². The van der Waals surface area contributed by atoms with E-state index in [2.05, 4.69) is 5.10 Å². The highest BCUT2D eigenvalue weighted by Crippen LogP contribution is 2.16. The van der Waals surface area contributed by atoms with Crippen LogP contribution < -0.4 is 0 Å². The maximum absolute atomic E-state index is 10.9. The smallest absolute Gasteiger partial charge is 0.335 e. The van der Waals surface area contributed by atoms with Gasteiger partial charge in [0.2, 0.25) is 0 Å². The van der Waals surface area contributed by atoms with E-state index in [1.54, 1.807) is 29.2 Å². The van der Waals surface area contributed by atoms with E-state index in [1.807, 2.05) is 12.1 Å². The third-order valence-corrected chi connectivity index (χ3v) is 3.09. The number of nitrogens with zero attached hydrogens (tertiary/aromatic N) is 2. The van der Waals surface area contributed by atoms with Gasteiger partial charge in [-0.15, -0.1) is 0 Å². The lowest BCUT2D eigenvalue weighted by molar-refractivity contribution is -0.162. The van der Waals surface area contributed by atoms with E-state index in [1.165, 1.54) is 13.8 Å². The van der Waals surface area contributed by atoms with Gasteiger partial charge in [-0.25, -0.2) is 9.48 Å². The minimum atomic E-state index is -1.22. The Morgan fingerprint density at radius 1 is 1.40 bits per heavy atom.